The van der Waals surface area contributed by atoms with Gasteiger partial charge in [-0.25, -0.2) is 0 Å². The third-order valence-corrected chi connectivity index (χ3v) is 4.54. The number of piperazine rings is 1. The van der Waals surface area contributed by atoms with E-state index in [0.717, 1.165) is 25.2 Å². The molecule has 0 spiro atoms. The molecular weight excluding hydrogens is 380 g/mol. The van der Waals surface area contributed by atoms with Crippen molar-refractivity contribution in [3.8, 4) is 11.5 Å². The summed E-state index contributed by atoms with van der Waals surface area (Å²) in [5.74, 6) is 0.868. The first kappa shape index (κ1) is 19.9. The third-order valence-electron chi connectivity index (χ3n) is 4.54. The van der Waals surface area contributed by atoms with Gasteiger partial charge in [-0.05, 0) is 37.4 Å². The Labute approximate surface area is 168 Å². The minimum atomic E-state index is -0.221. The summed E-state index contributed by atoms with van der Waals surface area (Å²) in [6, 6.07) is 10.9. The highest BCUT2D eigenvalue weighted by Crippen LogP contribution is 2.24. The number of halogens is 1. The average molecular weight is 401 g/mol. The number of carbonyl (C=O) groups excluding carboxylic acids is 1. The summed E-state index contributed by atoms with van der Waals surface area (Å²) in [5, 5.41) is 10.3. The van der Waals surface area contributed by atoms with Crippen molar-refractivity contribution in [3.05, 3.63) is 60.2 Å². The van der Waals surface area contributed by atoms with E-state index in [2.05, 4.69) is 37.7 Å². The standard InChI is InChI=1S/C19H20N6O2.ClH/c1-25-9-8-21-12-16(25)17-23-19(27-24-17)13-4-2-6-15(10-13)22-18(26)14-5-3-7-20-11-14;/h2-7,10-11,16,21H,8-9,12H2,1H3,(H,22,26);1H. The van der Waals surface area contributed by atoms with Crippen LogP contribution in [-0.2, 0) is 0 Å². The maximum Gasteiger partial charge on any atom is 0.258 e. The van der Waals surface area contributed by atoms with Crippen LogP contribution in [-0.4, -0.2) is 52.6 Å². The minimum absolute atomic E-state index is 0. The van der Waals surface area contributed by atoms with Crippen molar-refractivity contribution in [3.63, 3.8) is 0 Å². The number of rotatable bonds is 4. The maximum absolute atomic E-state index is 12.3. The van der Waals surface area contributed by atoms with Crippen molar-refractivity contribution in [2.24, 2.45) is 0 Å². The lowest BCUT2D eigenvalue weighted by Gasteiger charge is -2.30. The second-order valence-corrected chi connectivity index (χ2v) is 6.43. The van der Waals surface area contributed by atoms with Gasteiger partial charge in [-0.1, -0.05) is 11.2 Å². The van der Waals surface area contributed by atoms with E-state index >= 15 is 0 Å². The number of pyridine rings is 1. The zero-order valence-electron chi connectivity index (χ0n) is 15.3. The van der Waals surface area contributed by atoms with Gasteiger partial charge in [0.1, 0.15) is 0 Å². The van der Waals surface area contributed by atoms with E-state index in [9.17, 15) is 4.79 Å². The first-order valence-electron chi connectivity index (χ1n) is 8.77. The topological polar surface area (TPSA) is 96.2 Å². The monoisotopic (exact) mass is 400 g/mol. The molecule has 1 unspecified atom stereocenters. The van der Waals surface area contributed by atoms with Gasteiger partial charge in [0.05, 0.1) is 11.6 Å². The molecule has 1 fully saturated rings. The van der Waals surface area contributed by atoms with Crippen molar-refractivity contribution in [1.29, 1.82) is 0 Å². The Kier molecular flexibility index (Phi) is 6.35. The number of aromatic nitrogens is 3. The summed E-state index contributed by atoms with van der Waals surface area (Å²) in [5.41, 5.74) is 1.90. The molecule has 1 atom stereocenters. The van der Waals surface area contributed by atoms with E-state index in [-0.39, 0.29) is 24.4 Å². The van der Waals surface area contributed by atoms with E-state index in [4.69, 9.17) is 4.52 Å². The smallest absolute Gasteiger partial charge is 0.258 e. The molecule has 3 aromatic rings. The second-order valence-electron chi connectivity index (χ2n) is 6.43. The van der Waals surface area contributed by atoms with Crippen molar-refractivity contribution in [1.82, 2.24) is 25.3 Å². The highest BCUT2D eigenvalue weighted by atomic mass is 35.5. The molecule has 1 aliphatic heterocycles. The predicted molar refractivity (Wildman–Crippen MR) is 107 cm³/mol. The fraction of sp³-hybridized carbons (Fsp3) is 0.263. The van der Waals surface area contributed by atoms with Crippen molar-refractivity contribution in [2.75, 3.05) is 32.0 Å². The molecule has 28 heavy (non-hydrogen) atoms. The van der Waals surface area contributed by atoms with Crippen molar-refractivity contribution < 1.29 is 9.32 Å². The molecule has 1 saturated heterocycles. The lowest BCUT2D eigenvalue weighted by Crippen LogP contribution is -2.44. The summed E-state index contributed by atoms with van der Waals surface area (Å²) in [4.78, 5) is 23.0. The molecule has 2 aromatic heterocycles. The zero-order chi connectivity index (χ0) is 18.6. The third kappa shape index (κ3) is 4.36. The van der Waals surface area contributed by atoms with Crippen LogP contribution >= 0.6 is 12.4 Å². The predicted octanol–water partition coefficient (Wildman–Crippen LogP) is 2.38. The summed E-state index contributed by atoms with van der Waals surface area (Å²) >= 11 is 0. The van der Waals surface area contributed by atoms with Crippen molar-refractivity contribution in [2.45, 2.75) is 6.04 Å². The molecule has 146 valence electrons. The molecule has 1 aliphatic rings. The fourth-order valence-electron chi connectivity index (χ4n) is 3.01. The highest BCUT2D eigenvalue weighted by molar-refractivity contribution is 6.04. The molecule has 1 amide bonds. The minimum Gasteiger partial charge on any atom is -0.334 e. The highest BCUT2D eigenvalue weighted by Gasteiger charge is 2.25. The number of benzene rings is 1. The molecule has 9 heteroatoms. The van der Waals surface area contributed by atoms with Crippen LogP contribution in [0, 0.1) is 0 Å². The Bertz CT molecular complexity index is 933. The number of nitrogens with zero attached hydrogens (tertiary/aromatic N) is 4. The molecule has 0 aliphatic carbocycles. The Morgan fingerprint density at radius 1 is 1.32 bits per heavy atom. The molecular formula is C19H21ClN6O2. The largest absolute Gasteiger partial charge is 0.334 e. The van der Waals surface area contributed by atoms with E-state index < -0.39 is 0 Å². The van der Waals surface area contributed by atoms with Gasteiger partial charge >= 0.3 is 0 Å². The SMILES string of the molecule is CN1CCNCC1c1noc(-c2cccc(NC(=O)c3cccnc3)c2)n1.Cl. The summed E-state index contributed by atoms with van der Waals surface area (Å²) in [6.07, 6.45) is 3.15. The Hall–Kier alpha value is -2.81. The van der Waals surface area contributed by atoms with Crippen LogP contribution in [0.4, 0.5) is 5.69 Å². The fourth-order valence-corrected chi connectivity index (χ4v) is 3.01. The molecule has 0 saturated carbocycles. The molecule has 4 rings (SSSR count). The molecule has 0 bridgehead atoms. The van der Waals surface area contributed by atoms with Crippen LogP contribution in [0.2, 0.25) is 0 Å². The molecule has 3 heterocycles. The van der Waals surface area contributed by atoms with Gasteiger partial charge in [0.15, 0.2) is 5.82 Å². The lowest BCUT2D eigenvalue weighted by atomic mass is 10.1. The van der Waals surface area contributed by atoms with Crippen LogP contribution in [0.25, 0.3) is 11.5 Å². The zero-order valence-corrected chi connectivity index (χ0v) is 16.1. The van der Waals surface area contributed by atoms with Gasteiger partial charge in [0.25, 0.3) is 11.8 Å². The van der Waals surface area contributed by atoms with E-state index in [1.54, 1.807) is 18.3 Å². The number of hydrogen-bond donors (Lipinski definition) is 2. The van der Waals surface area contributed by atoms with E-state index in [1.165, 1.54) is 6.20 Å². The number of carbonyl (C=O) groups is 1. The number of anilines is 1. The number of nitrogens with one attached hydrogen (secondary N) is 2. The van der Waals surface area contributed by atoms with Crippen molar-refractivity contribution >= 4 is 24.0 Å². The summed E-state index contributed by atoms with van der Waals surface area (Å²) in [6.45, 7) is 2.68. The Morgan fingerprint density at radius 3 is 3.00 bits per heavy atom. The Balaban J connectivity index is 0.00000225. The molecule has 1 aromatic carbocycles. The van der Waals surface area contributed by atoms with Crippen LogP contribution in [0.1, 0.15) is 22.2 Å². The normalized spacial score (nSPS) is 17.0. The van der Waals surface area contributed by atoms with Gasteiger partial charge in [-0.15, -0.1) is 12.4 Å². The number of hydrogen-bond acceptors (Lipinski definition) is 7. The van der Waals surface area contributed by atoms with Crippen LogP contribution < -0.4 is 10.6 Å². The molecule has 2 N–H and O–H groups in total. The quantitative estimate of drug-likeness (QED) is 0.694. The van der Waals surface area contributed by atoms with E-state index in [0.29, 0.717) is 23.0 Å². The summed E-state index contributed by atoms with van der Waals surface area (Å²) < 4.78 is 5.46. The maximum atomic E-state index is 12.3. The Morgan fingerprint density at radius 2 is 2.21 bits per heavy atom. The van der Waals surface area contributed by atoms with E-state index in [1.807, 2.05) is 24.3 Å². The first-order chi connectivity index (χ1) is 13.2. The van der Waals surface area contributed by atoms with Gasteiger partial charge in [-0.2, -0.15) is 4.98 Å². The lowest BCUT2D eigenvalue weighted by molar-refractivity contribution is 0.102. The number of likely N-dealkylation sites (N-methyl/N-ethyl adjacent to an activating group) is 1. The van der Waals surface area contributed by atoms with Crippen LogP contribution in [0.3, 0.4) is 0 Å². The van der Waals surface area contributed by atoms with Gasteiger partial charge < -0.3 is 15.2 Å². The second kappa shape index (κ2) is 8.92. The van der Waals surface area contributed by atoms with Gasteiger partial charge in [0.2, 0.25) is 0 Å². The van der Waals surface area contributed by atoms with Crippen LogP contribution in [0.15, 0.2) is 53.3 Å². The van der Waals surface area contributed by atoms with Gasteiger partial charge in [-0.3, -0.25) is 14.7 Å². The van der Waals surface area contributed by atoms with Gasteiger partial charge in [0, 0.05) is 43.3 Å². The average Bonchev–Trinajstić information content (AvgIpc) is 3.19. The first-order valence-corrected chi connectivity index (χ1v) is 8.77. The van der Waals surface area contributed by atoms with Crippen LogP contribution in [0.5, 0.6) is 0 Å². The molecule has 0 radical (unpaired) electrons. The number of amides is 1. The molecule has 8 nitrogen and oxygen atoms in total. The summed E-state index contributed by atoms with van der Waals surface area (Å²) in [7, 11) is 2.05.